The number of nitrogens with one attached hydrogen (secondary N) is 1. The molecule has 0 spiro atoms. The minimum absolute atomic E-state index is 0.426. The monoisotopic (exact) mass is 207 g/mol. The normalized spacial score (nSPS) is 19.7. The fourth-order valence-corrected chi connectivity index (χ4v) is 2.10. The van der Waals surface area contributed by atoms with Crippen LogP contribution in [0.15, 0.2) is 18.2 Å². The van der Waals surface area contributed by atoms with Gasteiger partial charge in [0.1, 0.15) is 5.75 Å². The van der Waals surface area contributed by atoms with Crippen LogP contribution in [0.1, 0.15) is 11.1 Å². The molecule has 1 aliphatic heterocycles. The Morgan fingerprint density at radius 2 is 2.27 bits per heavy atom. The standard InChI is InChI=1S/C12H17NO2/c1-14-8-10-6-9-4-3-5-12(15-2)11(9)7-13-10/h3-5,10,13H,6-8H2,1-2H3. The molecular weight excluding hydrogens is 190 g/mol. The Labute approximate surface area is 90.4 Å². The first-order chi connectivity index (χ1) is 7.35. The van der Waals surface area contributed by atoms with Crippen molar-refractivity contribution in [3.05, 3.63) is 29.3 Å². The second kappa shape index (κ2) is 4.64. The molecule has 3 nitrogen and oxygen atoms in total. The molecule has 1 N–H and O–H groups in total. The van der Waals surface area contributed by atoms with Gasteiger partial charge in [-0.3, -0.25) is 0 Å². The number of methoxy groups -OCH3 is 2. The maximum absolute atomic E-state index is 5.34. The highest BCUT2D eigenvalue weighted by Gasteiger charge is 2.19. The van der Waals surface area contributed by atoms with Crippen LogP contribution in [0.3, 0.4) is 0 Å². The zero-order valence-corrected chi connectivity index (χ0v) is 9.25. The van der Waals surface area contributed by atoms with E-state index in [9.17, 15) is 0 Å². The molecule has 0 fully saturated rings. The van der Waals surface area contributed by atoms with Crippen LogP contribution in [-0.4, -0.2) is 26.9 Å². The van der Waals surface area contributed by atoms with E-state index in [2.05, 4.69) is 11.4 Å². The quantitative estimate of drug-likeness (QED) is 0.811. The van der Waals surface area contributed by atoms with Crippen molar-refractivity contribution in [2.75, 3.05) is 20.8 Å². The summed E-state index contributed by atoms with van der Waals surface area (Å²) in [6, 6.07) is 6.65. The van der Waals surface area contributed by atoms with Crippen molar-refractivity contribution < 1.29 is 9.47 Å². The van der Waals surface area contributed by atoms with Gasteiger partial charge in [0.15, 0.2) is 0 Å². The summed E-state index contributed by atoms with van der Waals surface area (Å²) in [5.41, 5.74) is 2.66. The van der Waals surface area contributed by atoms with Gasteiger partial charge in [-0.25, -0.2) is 0 Å². The van der Waals surface area contributed by atoms with Crippen molar-refractivity contribution in [1.29, 1.82) is 0 Å². The lowest BCUT2D eigenvalue weighted by Gasteiger charge is -2.26. The predicted octanol–water partition coefficient (Wildman–Crippen LogP) is 1.36. The number of rotatable bonds is 3. The fraction of sp³-hybridized carbons (Fsp3) is 0.500. The lowest BCUT2D eigenvalue weighted by Crippen LogP contribution is -2.38. The van der Waals surface area contributed by atoms with Crippen LogP contribution in [0.4, 0.5) is 0 Å². The molecule has 82 valence electrons. The third-order valence-corrected chi connectivity index (χ3v) is 2.85. The summed E-state index contributed by atoms with van der Waals surface area (Å²) < 4.78 is 10.5. The number of benzene rings is 1. The van der Waals surface area contributed by atoms with Gasteiger partial charge < -0.3 is 14.8 Å². The van der Waals surface area contributed by atoms with Crippen LogP contribution in [-0.2, 0) is 17.7 Å². The van der Waals surface area contributed by atoms with E-state index in [4.69, 9.17) is 9.47 Å². The minimum Gasteiger partial charge on any atom is -0.496 e. The lowest BCUT2D eigenvalue weighted by atomic mass is 9.95. The first-order valence-corrected chi connectivity index (χ1v) is 5.22. The van der Waals surface area contributed by atoms with Crippen LogP contribution >= 0.6 is 0 Å². The van der Waals surface area contributed by atoms with Crippen molar-refractivity contribution in [3.8, 4) is 5.75 Å². The van der Waals surface area contributed by atoms with Crippen molar-refractivity contribution in [1.82, 2.24) is 5.32 Å². The molecule has 0 saturated carbocycles. The Morgan fingerprint density at radius 1 is 1.40 bits per heavy atom. The average molecular weight is 207 g/mol. The van der Waals surface area contributed by atoms with Gasteiger partial charge in [-0.05, 0) is 18.1 Å². The zero-order chi connectivity index (χ0) is 10.7. The molecule has 15 heavy (non-hydrogen) atoms. The summed E-state index contributed by atoms with van der Waals surface area (Å²) in [6.45, 7) is 1.63. The molecule has 1 atom stereocenters. The lowest BCUT2D eigenvalue weighted by molar-refractivity contribution is 0.162. The topological polar surface area (TPSA) is 30.5 Å². The van der Waals surface area contributed by atoms with Gasteiger partial charge in [0.2, 0.25) is 0 Å². The van der Waals surface area contributed by atoms with Crippen molar-refractivity contribution in [2.45, 2.75) is 19.0 Å². The Morgan fingerprint density at radius 3 is 3.00 bits per heavy atom. The molecule has 1 aliphatic rings. The number of hydrogen-bond donors (Lipinski definition) is 1. The summed E-state index contributed by atoms with van der Waals surface area (Å²) in [7, 11) is 3.46. The smallest absolute Gasteiger partial charge is 0.123 e. The predicted molar refractivity (Wildman–Crippen MR) is 59.2 cm³/mol. The highest BCUT2D eigenvalue weighted by Crippen LogP contribution is 2.26. The van der Waals surface area contributed by atoms with E-state index in [0.29, 0.717) is 6.04 Å². The highest BCUT2D eigenvalue weighted by molar-refractivity contribution is 5.42. The molecule has 2 rings (SSSR count). The van der Waals surface area contributed by atoms with Gasteiger partial charge >= 0.3 is 0 Å². The molecule has 0 radical (unpaired) electrons. The number of hydrogen-bond acceptors (Lipinski definition) is 3. The van der Waals surface area contributed by atoms with Crippen LogP contribution in [0.2, 0.25) is 0 Å². The molecular formula is C12H17NO2. The third-order valence-electron chi connectivity index (χ3n) is 2.85. The van der Waals surface area contributed by atoms with Crippen LogP contribution < -0.4 is 10.1 Å². The zero-order valence-electron chi connectivity index (χ0n) is 9.25. The maximum atomic E-state index is 5.34. The molecule has 0 aliphatic carbocycles. The second-order valence-corrected chi connectivity index (χ2v) is 3.84. The van der Waals surface area contributed by atoms with E-state index >= 15 is 0 Å². The summed E-state index contributed by atoms with van der Waals surface area (Å²) in [5.74, 6) is 0.982. The number of fused-ring (bicyclic) bond motifs is 1. The molecule has 0 amide bonds. The molecule has 0 bridgehead atoms. The summed E-state index contributed by atoms with van der Waals surface area (Å²) in [5, 5.41) is 3.45. The molecule has 0 saturated heterocycles. The van der Waals surface area contributed by atoms with Gasteiger partial charge in [0.05, 0.1) is 13.7 Å². The van der Waals surface area contributed by atoms with E-state index in [0.717, 1.165) is 25.3 Å². The molecule has 1 unspecified atom stereocenters. The SMILES string of the molecule is COCC1Cc2cccc(OC)c2CN1. The maximum Gasteiger partial charge on any atom is 0.123 e. The van der Waals surface area contributed by atoms with E-state index in [-0.39, 0.29) is 0 Å². The van der Waals surface area contributed by atoms with Crippen molar-refractivity contribution in [3.63, 3.8) is 0 Å². The average Bonchev–Trinajstić information content (AvgIpc) is 2.28. The van der Waals surface area contributed by atoms with Gasteiger partial charge in [-0.2, -0.15) is 0 Å². The van der Waals surface area contributed by atoms with E-state index in [1.54, 1.807) is 14.2 Å². The van der Waals surface area contributed by atoms with Gasteiger partial charge in [-0.15, -0.1) is 0 Å². The van der Waals surface area contributed by atoms with Crippen molar-refractivity contribution in [2.24, 2.45) is 0 Å². The van der Waals surface area contributed by atoms with Gasteiger partial charge in [0.25, 0.3) is 0 Å². The Bertz CT molecular complexity index is 338. The molecule has 1 aromatic rings. The summed E-state index contributed by atoms with van der Waals surface area (Å²) >= 11 is 0. The largest absolute Gasteiger partial charge is 0.496 e. The van der Waals surface area contributed by atoms with Gasteiger partial charge in [0, 0.05) is 25.3 Å². The third kappa shape index (κ3) is 2.13. The molecule has 1 aromatic carbocycles. The highest BCUT2D eigenvalue weighted by atomic mass is 16.5. The van der Waals surface area contributed by atoms with E-state index < -0.39 is 0 Å². The Kier molecular flexibility index (Phi) is 3.23. The van der Waals surface area contributed by atoms with Gasteiger partial charge in [-0.1, -0.05) is 12.1 Å². The minimum atomic E-state index is 0.426. The van der Waals surface area contributed by atoms with Crippen LogP contribution in [0, 0.1) is 0 Å². The van der Waals surface area contributed by atoms with Crippen molar-refractivity contribution >= 4 is 0 Å². The van der Waals surface area contributed by atoms with E-state index in [1.165, 1.54) is 11.1 Å². The first-order valence-electron chi connectivity index (χ1n) is 5.22. The summed E-state index contributed by atoms with van der Waals surface area (Å²) in [4.78, 5) is 0. The first kappa shape index (κ1) is 10.5. The Hall–Kier alpha value is -1.06. The Balaban J connectivity index is 2.20. The summed E-state index contributed by atoms with van der Waals surface area (Å²) in [6.07, 6.45) is 1.01. The molecule has 3 heteroatoms. The van der Waals surface area contributed by atoms with Crippen LogP contribution in [0.5, 0.6) is 5.75 Å². The molecule has 1 heterocycles. The van der Waals surface area contributed by atoms with E-state index in [1.807, 2.05) is 12.1 Å². The second-order valence-electron chi connectivity index (χ2n) is 3.84. The number of ether oxygens (including phenoxy) is 2. The molecule has 0 aromatic heterocycles. The fourth-order valence-electron chi connectivity index (χ4n) is 2.10. The van der Waals surface area contributed by atoms with Crippen LogP contribution in [0.25, 0.3) is 0 Å².